The zero-order valence-corrected chi connectivity index (χ0v) is 17.8. The molecule has 4 rings (SSSR count). The average molecular weight is 446 g/mol. The molecule has 0 radical (unpaired) electrons. The van der Waals surface area contributed by atoms with Crippen molar-refractivity contribution in [3.05, 3.63) is 89.4 Å². The molecule has 4 aromatic rings. The Morgan fingerprint density at radius 3 is 2.35 bits per heavy atom. The Morgan fingerprint density at radius 2 is 1.71 bits per heavy atom. The van der Waals surface area contributed by atoms with E-state index < -0.39 is 0 Å². The third-order valence-corrected chi connectivity index (χ3v) is 5.53. The van der Waals surface area contributed by atoms with Gasteiger partial charge in [0.25, 0.3) is 5.22 Å². The summed E-state index contributed by atoms with van der Waals surface area (Å²) in [6.45, 7) is 0. The first-order valence-electron chi connectivity index (χ1n) is 9.38. The number of carbonyl (C=O) groups excluding carboxylic acids is 1. The molecule has 0 aliphatic heterocycles. The molecule has 1 heterocycles. The van der Waals surface area contributed by atoms with Crippen molar-refractivity contribution < 1.29 is 9.21 Å². The van der Waals surface area contributed by atoms with E-state index in [1.807, 2.05) is 66.7 Å². The van der Waals surface area contributed by atoms with E-state index in [1.54, 1.807) is 18.2 Å². The lowest BCUT2D eigenvalue weighted by Gasteiger charge is -2.05. The summed E-state index contributed by atoms with van der Waals surface area (Å²) in [4.78, 5) is 17.0. The maximum atomic E-state index is 12.4. The number of oxazole rings is 1. The first-order chi connectivity index (χ1) is 15.1. The molecule has 0 saturated carbocycles. The van der Waals surface area contributed by atoms with Crippen LogP contribution in [0, 0.1) is 11.3 Å². The lowest BCUT2D eigenvalue weighted by Crippen LogP contribution is -2.14. The van der Waals surface area contributed by atoms with Crippen molar-refractivity contribution in [2.45, 2.75) is 5.22 Å². The summed E-state index contributed by atoms with van der Waals surface area (Å²) >= 11 is 7.23. The van der Waals surface area contributed by atoms with Crippen molar-refractivity contribution in [1.82, 2.24) is 4.98 Å². The van der Waals surface area contributed by atoms with E-state index in [2.05, 4.69) is 10.3 Å². The highest BCUT2D eigenvalue weighted by Gasteiger charge is 2.18. The SMILES string of the molecule is N#Cc1ccc(NC(=O)CSc2nc(-c3ccccc3)c(-c3ccccc3)o2)cc1Cl. The summed E-state index contributed by atoms with van der Waals surface area (Å²) in [6.07, 6.45) is 0. The Labute approximate surface area is 188 Å². The number of nitriles is 1. The number of benzene rings is 3. The fourth-order valence-corrected chi connectivity index (χ4v) is 3.79. The van der Waals surface area contributed by atoms with Crippen LogP contribution in [0.4, 0.5) is 5.69 Å². The summed E-state index contributed by atoms with van der Waals surface area (Å²) in [5.41, 5.74) is 3.47. The van der Waals surface area contributed by atoms with Crippen LogP contribution >= 0.6 is 23.4 Å². The molecule has 1 aromatic heterocycles. The minimum absolute atomic E-state index is 0.112. The van der Waals surface area contributed by atoms with Crippen molar-refractivity contribution >= 4 is 35.0 Å². The lowest BCUT2D eigenvalue weighted by atomic mass is 10.1. The predicted molar refractivity (Wildman–Crippen MR) is 123 cm³/mol. The Balaban J connectivity index is 1.51. The molecule has 0 aliphatic rings. The van der Waals surface area contributed by atoms with Crippen LogP contribution in [0.25, 0.3) is 22.6 Å². The van der Waals surface area contributed by atoms with Crippen LogP contribution in [0.15, 0.2) is 88.5 Å². The number of nitrogens with one attached hydrogen (secondary N) is 1. The van der Waals surface area contributed by atoms with Crippen LogP contribution in [0.3, 0.4) is 0 Å². The van der Waals surface area contributed by atoms with Gasteiger partial charge in [0, 0.05) is 16.8 Å². The number of thioether (sulfide) groups is 1. The number of halogens is 1. The normalized spacial score (nSPS) is 10.5. The minimum Gasteiger partial charge on any atom is -0.431 e. The van der Waals surface area contributed by atoms with E-state index >= 15 is 0 Å². The van der Waals surface area contributed by atoms with E-state index in [1.165, 1.54) is 11.8 Å². The topological polar surface area (TPSA) is 78.9 Å². The van der Waals surface area contributed by atoms with Crippen LogP contribution in [0.2, 0.25) is 5.02 Å². The van der Waals surface area contributed by atoms with Gasteiger partial charge in [0.1, 0.15) is 11.8 Å². The van der Waals surface area contributed by atoms with Crippen LogP contribution < -0.4 is 5.32 Å². The molecule has 7 heteroatoms. The number of carbonyl (C=O) groups is 1. The smallest absolute Gasteiger partial charge is 0.257 e. The highest BCUT2D eigenvalue weighted by atomic mass is 35.5. The molecule has 1 N–H and O–H groups in total. The first kappa shape index (κ1) is 20.7. The standard InChI is InChI=1S/C24H16ClN3O2S/c25-20-13-19(12-11-18(20)14-26)27-21(29)15-31-24-28-22(16-7-3-1-4-8-16)23(30-24)17-9-5-2-6-10-17/h1-13H,15H2,(H,27,29). The third kappa shape index (κ3) is 4.97. The summed E-state index contributed by atoms with van der Waals surface area (Å²) in [7, 11) is 0. The quantitative estimate of drug-likeness (QED) is 0.354. The number of anilines is 1. The lowest BCUT2D eigenvalue weighted by molar-refractivity contribution is -0.113. The number of nitrogens with zero attached hydrogens (tertiary/aromatic N) is 2. The van der Waals surface area contributed by atoms with Gasteiger partial charge < -0.3 is 9.73 Å². The number of aromatic nitrogens is 1. The molecule has 0 fully saturated rings. The zero-order chi connectivity index (χ0) is 21.6. The molecule has 152 valence electrons. The van der Waals surface area contributed by atoms with E-state index in [9.17, 15) is 4.79 Å². The molecule has 3 aromatic carbocycles. The van der Waals surface area contributed by atoms with Crippen molar-refractivity contribution in [2.24, 2.45) is 0 Å². The molecular formula is C24H16ClN3O2S. The van der Waals surface area contributed by atoms with E-state index in [4.69, 9.17) is 21.3 Å². The maximum absolute atomic E-state index is 12.4. The van der Waals surface area contributed by atoms with Gasteiger partial charge in [-0.2, -0.15) is 5.26 Å². The Hall–Kier alpha value is -3.53. The largest absolute Gasteiger partial charge is 0.431 e. The molecule has 0 unspecified atom stereocenters. The van der Waals surface area contributed by atoms with Crippen LogP contribution in [-0.2, 0) is 4.79 Å². The van der Waals surface area contributed by atoms with Crippen molar-refractivity contribution in [2.75, 3.05) is 11.1 Å². The van der Waals surface area contributed by atoms with Gasteiger partial charge in [-0.05, 0) is 18.2 Å². The highest BCUT2D eigenvalue weighted by molar-refractivity contribution is 7.99. The number of rotatable bonds is 6. The molecule has 31 heavy (non-hydrogen) atoms. The van der Waals surface area contributed by atoms with Gasteiger partial charge in [-0.1, -0.05) is 84.0 Å². The number of amides is 1. The molecule has 0 spiro atoms. The second kappa shape index (κ2) is 9.52. The molecule has 0 bridgehead atoms. The second-order valence-corrected chi connectivity index (χ2v) is 7.87. The molecule has 0 saturated heterocycles. The summed E-state index contributed by atoms with van der Waals surface area (Å²) in [5.74, 6) is 0.542. The van der Waals surface area contributed by atoms with Gasteiger partial charge in [0.2, 0.25) is 5.91 Å². The highest BCUT2D eigenvalue weighted by Crippen LogP contribution is 2.35. The summed E-state index contributed by atoms with van der Waals surface area (Å²) < 4.78 is 6.02. The fraction of sp³-hybridized carbons (Fsp3) is 0.0417. The van der Waals surface area contributed by atoms with Crippen molar-refractivity contribution in [3.63, 3.8) is 0 Å². The van der Waals surface area contributed by atoms with Crippen LogP contribution in [-0.4, -0.2) is 16.6 Å². The molecular weight excluding hydrogens is 430 g/mol. The Bertz CT molecular complexity index is 1190. The Kier molecular flexibility index (Phi) is 6.37. The van der Waals surface area contributed by atoms with Crippen molar-refractivity contribution in [3.8, 4) is 28.7 Å². The zero-order valence-electron chi connectivity index (χ0n) is 16.2. The summed E-state index contributed by atoms with van der Waals surface area (Å²) in [6, 6.07) is 26.3. The van der Waals surface area contributed by atoms with Crippen LogP contribution in [0.1, 0.15) is 5.56 Å². The third-order valence-electron chi connectivity index (χ3n) is 4.39. The second-order valence-electron chi connectivity index (χ2n) is 6.53. The van der Waals surface area contributed by atoms with Gasteiger partial charge in [0.15, 0.2) is 5.76 Å². The Morgan fingerprint density at radius 1 is 1.03 bits per heavy atom. The monoisotopic (exact) mass is 445 g/mol. The van der Waals surface area contributed by atoms with Gasteiger partial charge in [-0.3, -0.25) is 4.79 Å². The van der Waals surface area contributed by atoms with E-state index in [-0.39, 0.29) is 11.7 Å². The van der Waals surface area contributed by atoms with Crippen molar-refractivity contribution in [1.29, 1.82) is 5.26 Å². The first-order valence-corrected chi connectivity index (χ1v) is 10.7. The van der Waals surface area contributed by atoms with E-state index in [0.717, 1.165) is 16.8 Å². The number of hydrogen-bond donors (Lipinski definition) is 1. The number of hydrogen-bond acceptors (Lipinski definition) is 5. The molecule has 5 nitrogen and oxygen atoms in total. The molecule has 0 aliphatic carbocycles. The maximum Gasteiger partial charge on any atom is 0.257 e. The predicted octanol–water partition coefficient (Wildman–Crippen LogP) is 6.26. The average Bonchev–Trinajstić information content (AvgIpc) is 3.23. The van der Waals surface area contributed by atoms with Gasteiger partial charge in [-0.25, -0.2) is 4.98 Å². The fourth-order valence-electron chi connectivity index (χ4n) is 2.95. The minimum atomic E-state index is -0.230. The van der Waals surface area contributed by atoms with Gasteiger partial charge in [-0.15, -0.1) is 0 Å². The summed E-state index contributed by atoms with van der Waals surface area (Å²) in [5, 5.41) is 12.4. The van der Waals surface area contributed by atoms with Gasteiger partial charge >= 0.3 is 0 Å². The van der Waals surface area contributed by atoms with Gasteiger partial charge in [0.05, 0.1) is 16.3 Å². The van der Waals surface area contributed by atoms with E-state index in [0.29, 0.717) is 27.3 Å². The molecule has 0 atom stereocenters. The molecule has 1 amide bonds. The van der Waals surface area contributed by atoms with Crippen LogP contribution in [0.5, 0.6) is 0 Å².